The summed E-state index contributed by atoms with van der Waals surface area (Å²) in [6.07, 6.45) is 4.01. The minimum Gasteiger partial charge on any atom is -0.347 e. The van der Waals surface area contributed by atoms with Crippen LogP contribution in [0.3, 0.4) is 0 Å². The number of nitrogens with one attached hydrogen (secondary N) is 2. The fourth-order valence-corrected chi connectivity index (χ4v) is 5.35. The summed E-state index contributed by atoms with van der Waals surface area (Å²) in [6, 6.07) is 14.2. The third-order valence-corrected chi connectivity index (χ3v) is 7.74. The maximum atomic E-state index is 13.1. The number of thiophene rings is 1. The Kier molecular flexibility index (Phi) is 6.93. The maximum absolute atomic E-state index is 13.1. The van der Waals surface area contributed by atoms with Crippen LogP contribution < -0.4 is 16.2 Å². The number of pyridine rings is 1. The zero-order chi connectivity index (χ0) is 25.2. The van der Waals surface area contributed by atoms with E-state index in [4.69, 9.17) is 11.6 Å². The standard InChI is InChI=1S/C26H25ClN4O4S/c27-22-11-10-21(36-22)25(34)29-20-15-30(26(35)17-4-5-17)14-12-19(20)28-24(33)16-6-8-18(9-7-16)31-13-2-1-3-23(31)32/h1-3,6-11,13,17,19-20H,4-5,12,14-15H2,(H,28,33)(H,29,34)/t19-,20+/m1/s1. The van der Waals surface area contributed by atoms with Gasteiger partial charge in [-0.25, -0.2) is 0 Å². The van der Waals surface area contributed by atoms with E-state index < -0.39 is 6.04 Å². The number of rotatable bonds is 6. The van der Waals surface area contributed by atoms with Crippen LogP contribution in [0, 0.1) is 5.92 Å². The molecule has 3 amide bonds. The van der Waals surface area contributed by atoms with Gasteiger partial charge in [-0.1, -0.05) is 17.7 Å². The fraction of sp³-hybridized carbons (Fsp3) is 0.308. The third kappa shape index (κ3) is 5.37. The molecule has 3 aromatic rings. The van der Waals surface area contributed by atoms with Gasteiger partial charge in [0, 0.05) is 42.5 Å². The highest BCUT2D eigenvalue weighted by Crippen LogP contribution is 2.32. The van der Waals surface area contributed by atoms with Crippen LogP contribution in [0.5, 0.6) is 0 Å². The SMILES string of the molecule is O=C(N[C@@H]1CCN(C(=O)C2CC2)C[C@@H]1NC(=O)c1ccc(Cl)s1)c1ccc(-n2ccccc2=O)cc1. The quantitative estimate of drug-likeness (QED) is 0.517. The van der Waals surface area contributed by atoms with Crippen LogP contribution >= 0.6 is 22.9 Å². The fourth-order valence-electron chi connectivity index (χ4n) is 4.40. The van der Waals surface area contributed by atoms with Crippen molar-refractivity contribution in [1.29, 1.82) is 0 Å². The zero-order valence-electron chi connectivity index (χ0n) is 19.4. The Labute approximate surface area is 216 Å². The van der Waals surface area contributed by atoms with E-state index in [0.29, 0.717) is 40.0 Å². The minimum atomic E-state index is -0.444. The molecule has 0 radical (unpaired) electrons. The normalized spacial score (nSPS) is 19.5. The van der Waals surface area contributed by atoms with Crippen LogP contribution in [0.25, 0.3) is 5.69 Å². The maximum Gasteiger partial charge on any atom is 0.261 e. The van der Waals surface area contributed by atoms with Gasteiger partial charge in [0.2, 0.25) is 5.91 Å². The number of halogens is 1. The first-order valence-electron chi connectivity index (χ1n) is 11.8. The number of likely N-dealkylation sites (tertiary alicyclic amines) is 1. The summed E-state index contributed by atoms with van der Waals surface area (Å²) < 4.78 is 2.01. The van der Waals surface area contributed by atoms with E-state index in [1.165, 1.54) is 22.0 Å². The second-order valence-corrected chi connectivity index (χ2v) is 10.8. The number of hydrogen-bond donors (Lipinski definition) is 2. The Balaban J connectivity index is 1.30. The van der Waals surface area contributed by atoms with Crippen LogP contribution in [-0.4, -0.2) is 52.4 Å². The number of carbonyl (C=O) groups is 3. The molecule has 36 heavy (non-hydrogen) atoms. The van der Waals surface area contributed by atoms with E-state index in [9.17, 15) is 19.2 Å². The molecule has 1 aromatic carbocycles. The van der Waals surface area contributed by atoms with E-state index in [1.54, 1.807) is 59.6 Å². The second kappa shape index (κ2) is 10.3. The molecule has 0 unspecified atom stereocenters. The van der Waals surface area contributed by atoms with E-state index in [0.717, 1.165) is 12.8 Å². The molecule has 2 aromatic heterocycles. The topological polar surface area (TPSA) is 101 Å². The van der Waals surface area contributed by atoms with E-state index in [1.807, 2.05) is 0 Å². The Hall–Kier alpha value is -3.43. The van der Waals surface area contributed by atoms with Crippen molar-refractivity contribution in [3.8, 4) is 5.69 Å². The van der Waals surface area contributed by atoms with Crippen molar-refractivity contribution in [2.75, 3.05) is 13.1 Å². The van der Waals surface area contributed by atoms with Gasteiger partial charge in [0.05, 0.1) is 21.3 Å². The molecular formula is C26H25ClN4O4S. The van der Waals surface area contributed by atoms with Crippen molar-refractivity contribution >= 4 is 40.7 Å². The molecule has 186 valence electrons. The molecule has 2 fully saturated rings. The molecule has 1 saturated carbocycles. The molecule has 5 rings (SSSR count). The summed E-state index contributed by atoms with van der Waals surface area (Å²) in [6.45, 7) is 0.855. The number of piperidine rings is 1. The predicted molar refractivity (Wildman–Crippen MR) is 138 cm³/mol. The lowest BCUT2D eigenvalue weighted by Crippen LogP contribution is -2.61. The molecule has 1 aliphatic carbocycles. The van der Waals surface area contributed by atoms with Gasteiger partial charge in [-0.3, -0.25) is 23.7 Å². The highest BCUT2D eigenvalue weighted by Gasteiger charge is 2.39. The Bertz CT molecular complexity index is 1350. The lowest BCUT2D eigenvalue weighted by atomic mass is 9.97. The average molecular weight is 525 g/mol. The van der Waals surface area contributed by atoms with E-state index >= 15 is 0 Å². The van der Waals surface area contributed by atoms with Gasteiger partial charge < -0.3 is 15.5 Å². The first kappa shape index (κ1) is 24.3. The van der Waals surface area contributed by atoms with Gasteiger partial charge in [0.25, 0.3) is 17.4 Å². The average Bonchev–Trinajstić information content (AvgIpc) is 3.64. The lowest BCUT2D eigenvalue weighted by molar-refractivity contribution is -0.134. The van der Waals surface area contributed by atoms with Gasteiger partial charge in [-0.15, -0.1) is 11.3 Å². The molecule has 8 nitrogen and oxygen atoms in total. The van der Waals surface area contributed by atoms with Crippen molar-refractivity contribution < 1.29 is 14.4 Å². The first-order chi connectivity index (χ1) is 17.4. The van der Waals surface area contributed by atoms with Crippen molar-refractivity contribution in [2.24, 2.45) is 5.92 Å². The van der Waals surface area contributed by atoms with Crippen LogP contribution in [-0.2, 0) is 4.79 Å². The smallest absolute Gasteiger partial charge is 0.261 e. The van der Waals surface area contributed by atoms with Crippen LogP contribution in [0.15, 0.2) is 65.6 Å². The van der Waals surface area contributed by atoms with Gasteiger partial charge in [-0.05, 0) is 61.7 Å². The molecular weight excluding hydrogens is 500 g/mol. The van der Waals surface area contributed by atoms with Crippen molar-refractivity contribution in [3.05, 3.63) is 85.9 Å². The molecule has 10 heteroatoms. The van der Waals surface area contributed by atoms with Gasteiger partial charge in [0.1, 0.15) is 0 Å². The number of amides is 3. The Morgan fingerprint density at radius 2 is 1.64 bits per heavy atom. The first-order valence-corrected chi connectivity index (χ1v) is 13.0. The summed E-state index contributed by atoms with van der Waals surface area (Å²) in [5, 5.41) is 6.04. The summed E-state index contributed by atoms with van der Waals surface area (Å²) in [5.74, 6) is -0.369. The summed E-state index contributed by atoms with van der Waals surface area (Å²) in [4.78, 5) is 52.9. The largest absolute Gasteiger partial charge is 0.347 e. The highest BCUT2D eigenvalue weighted by atomic mass is 35.5. The molecule has 1 saturated heterocycles. The molecule has 3 heterocycles. The Morgan fingerprint density at radius 3 is 2.31 bits per heavy atom. The zero-order valence-corrected chi connectivity index (χ0v) is 20.9. The van der Waals surface area contributed by atoms with Crippen LogP contribution in [0.1, 0.15) is 39.3 Å². The van der Waals surface area contributed by atoms with Crippen LogP contribution in [0.2, 0.25) is 4.34 Å². The molecule has 2 aliphatic rings. The van der Waals surface area contributed by atoms with Crippen molar-refractivity contribution in [2.45, 2.75) is 31.3 Å². The minimum absolute atomic E-state index is 0.0826. The second-order valence-electron chi connectivity index (χ2n) is 9.07. The predicted octanol–water partition coefficient (Wildman–Crippen LogP) is 3.09. The number of nitrogens with zero attached hydrogens (tertiary/aromatic N) is 2. The van der Waals surface area contributed by atoms with Crippen molar-refractivity contribution in [1.82, 2.24) is 20.1 Å². The molecule has 2 atom stereocenters. The number of hydrogen-bond acceptors (Lipinski definition) is 5. The molecule has 0 spiro atoms. The molecule has 2 N–H and O–H groups in total. The summed E-state index contributed by atoms with van der Waals surface area (Å²) >= 11 is 7.17. The van der Waals surface area contributed by atoms with Gasteiger partial charge in [0.15, 0.2) is 0 Å². The number of aromatic nitrogens is 1. The summed E-state index contributed by atoms with van der Waals surface area (Å²) in [7, 11) is 0. The van der Waals surface area contributed by atoms with E-state index in [2.05, 4.69) is 10.6 Å². The van der Waals surface area contributed by atoms with Crippen molar-refractivity contribution in [3.63, 3.8) is 0 Å². The lowest BCUT2D eigenvalue weighted by Gasteiger charge is -2.39. The highest BCUT2D eigenvalue weighted by molar-refractivity contribution is 7.18. The molecule has 0 bridgehead atoms. The Morgan fingerprint density at radius 1 is 0.889 bits per heavy atom. The van der Waals surface area contributed by atoms with Gasteiger partial charge in [-0.2, -0.15) is 0 Å². The monoisotopic (exact) mass is 524 g/mol. The van der Waals surface area contributed by atoms with Crippen LogP contribution in [0.4, 0.5) is 0 Å². The summed E-state index contributed by atoms with van der Waals surface area (Å²) in [5.41, 5.74) is 0.936. The van der Waals surface area contributed by atoms with Gasteiger partial charge >= 0.3 is 0 Å². The third-order valence-electron chi connectivity index (χ3n) is 6.51. The number of carbonyl (C=O) groups excluding carboxylic acids is 3. The number of benzene rings is 1. The molecule has 1 aliphatic heterocycles. The van der Waals surface area contributed by atoms with E-state index in [-0.39, 0.29) is 35.2 Å².